The Bertz CT molecular complexity index is 241. The van der Waals surface area contributed by atoms with E-state index in [1.807, 2.05) is 0 Å². The van der Waals surface area contributed by atoms with Crippen molar-refractivity contribution in [1.29, 1.82) is 0 Å². The molecule has 1 saturated heterocycles. The summed E-state index contributed by atoms with van der Waals surface area (Å²) in [5, 5.41) is 3.75. The molecule has 2 aliphatic rings. The average molecular weight is 269 g/mol. The molecule has 3 nitrogen and oxygen atoms in total. The summed E-state index contributed by atoms with van der Waals surface area (Å²) < 4.78 is 11.6. The molecule has 1 aliphatic heterocycles. The number of hydrogen-bond acceptors (Lipinski definition) is 3. The van der Waals surface area contributed by atoms with Gasteiger partial charge in [0.25, 0.3) is 0 Å². The number of rotatable bonds is 6. The lowest BCUT2D eigenvalue weighted by Crippen LogP contribution is -2.51. The number of nitrogens with one attached hydrogen (secondary N) is 1. The van der Waals surface area contributed by atoms with Crippen molar-refractivity contribution in [2.75, 3.05) is 26.4 Å². The Balaban J connectivity index is 1.94. The molecule has 0 aromatic rings. The van der Waals surface area contributed by atoms with Crippen molar-refractivity contribution < 1.29 is 9.47 Å². The second kappa shape index (κ2) is 8.23. The van der Waals surface area contributed by atoms with Gasteiger partial charge in [-0.15, -0.1) is 0 Å². The molecule has 2 rings (SSSR count). The third kappa shape index (κ3) is 4.44. The van der Waals surface area contributed by atoms with Crippen LogP contribution in [0.3, 0.4) is 0 Å². The van der Waals surface area contributed by atoms with Crippen LogP contribution in [-0.2, 0) is 9.47 Å². The van der Waals surface area contributed by atoms with E-state index in [-0.39, 0.29) is 6.10 Å². The summed E-state index contributed by atoms with van der Waals surface area (Å²) in [5.74, 6) is 1.70. The molecule has 0 aromatic heterocycles. The fourth-order valence-corrected chi connectivity index (χ4v) is 3.66. The van der Waals surface area contributed by atoms with E-state index >= 15 is 0 Å². The van der Waals surface area contributed by atoms with Gasteiger partial charge < -0.3 is 14.8 Å². The minimum Gasteiger partial charge on any atom is -0.376 e. The smallest absolute Gasteiger partial charge is 0.0964 e. The molecule has 1 aliphatic carbocycles. The Hall–Kier alpha value is -0.120. The maximum absolute atomic E-state index is 5.97. The predicted octanol–water partition coefficient (Wildman–Crippen LogP) is 2.99. The van der Waals surface area contributed by atoms with Crippen LogP contribution in [0.5, 0.6) is 0 Å². The Morgan fingerprint density at radius 1 is 1.21 bits per heavy atom. The summed E-state index contributed by atoms with van der Waals surface area (Å²) in [4.78, 5) is 0. The Morgan fingerprint density at radius 2 is 2.11 bits per heavy atom. The standard InChI is InChI=1S/C16H31NO2/c1-3-8-17-16(15-12-18-9-10-19-15)14-7-5-6-13(4-2)11-14/h13-17H,3-12H2,1-2H3. The molecule has 1 heterocycles. The lowest BCUT2D eigenvalue weighted by molar-refractivity contribution is -0.111. The molecule has 0 bridgehead atoms. The first kappa shape index (κ1) is 15.3. The van der Waals surface area contributed by atoms with Crippen LogP contribution in [0.1, 0.15) is 52.4 Å². The van der Waals surface area contributed by atoms with Gasteiger partial charge >= 0.3 is 0 Å². The SMILES string of the molecule is CCCNC(C1CCCC(CC)C1)C1COCCO1. The van der Waals surface area contributed by atoms with Crippen molar-refractivity contribution in [3.8, 4) is 0 Å². The third-order valence-corrected chi connectivity index (χ3v) is 4.78. The van der Waals surface area contributed by atoms with Gasteiger partial charge in [0.2, 0.25) is 0 Å². The molecule has 19 heavy (non-hydrogen) atoms. The highest BCUT2D eigenvalue weighted by Crippen LogP contribution is 2.34. The van der Waals surface area contributed by atoms with Gasteiger partial charge in [0.05, 0.1) is 25.9 Å². The zero-order valence-electron chi connectivity index (χ0n) is 12.7. The highest BCUT2D eigenvalue weighted by Gasteiger charge is 2.34. The summed E-state index contributed by atoms with van der Waals surface area (Å²) in [6.07, 6.45) is 8.33. The summed E-state index contributed by atoms with van der Waals surface area (Å²) in [7, 11) is 0. The van der Waals surface area contributed by atoms with E-state index in [1.165, 1.54) is 38.5 Å². The molecule has 0 amide bonds. The van der Waals surface area contributed by atoms with Crippen molar-refractivity contribution in [3.63, 3.8) is 0 Å². The van der Waals surface area contributed by atoms with Crippen LogP contribution in [0.25, 0.3) is 0 Å². The highest BCUT2D eigenvalue weighted by molar-refractivity contribution is 4.88. The molecule has 2 fully saturated rings. The van der Waals surface area contributed by atoms with Crippen LogP contribution in [0.15, 0.2) is 0 Å². The fourth-order valence-electron chi connectivity index (χ4n) is 3.66. The molecule has 3 heteroatoms. The Morgan fingerprint density at radius 3 is 2.79 bits per heavy atom. The summed E-state index contributed by atoms with van der Waals surface area (Å²) in [5.41, 5.74) is 0. The van der Waals surface area contributed by atoms with Crippen LogP contribution in [0.4, 0.5) is 0 Å². The van der Waals surface area contributed by atoms with Crippen molar-refractivity contribution in [3.05, 3.63) is 0 Å². The fraction of sp³-hybridized carbons (Fsp3) is 1.00. The normalized spacial score (nSPS) is 34.1. The summed E-state index contributed by atoms with van der Waals surface area (Å²) >= 11 is 0. The van der Waals surface area contributed by atoms with Gasteiger partial charge in [-0.1, -0.05) is 33.1 Å². The van der Waals surface area contributed by atoms with Gasteiger partial charge in [-0.05, 0) is 37.6 Å². The predicted molar refractivity (Wildman–Crippen MR) is 78.4 cm³/mol. The molecular weight excluding hydrogens is 238 g/mol. The second-order valence-electron chi connectivity index (χ2n) is 6.17. The lowest BCUT2D eigenvalue weighted by atomic mass is 9.75. The van der Waals surface area contributed by atoms with E-state index < -0.39 is 0 Å². The monoisotopic (exact) mass is 269 g/mol. The largest absolute Gasteiger partial charge is 0.376 e. The highest BCUT2D eigenvalue weighted by atomic mass is 16.6. The van der Waals surface area contributed by atoms with Gasteiger partial charge in [-0.2, -0.15) is 0 Å². The van der Waals surface area contributed by atoms with Crippen molar-refractivity contribution in [1.82, 2.24) is 5.32 Å². The van der Waals surface area contributed by atoms with Crippen molar-refractivity contribution >= 4 is 0 Å². The second-order valence-corrected chi connectivity index (χ2v) is 6.17. The van der Waals surface area contributed by atoms with E-state index in [9.17, 15) is 0 Å². The van der Waals surface area contributed by atoms with Crippen molar-refractivity contribution in [2.45, 2.75) is 64.5 Å². The summed E-state index contributed by atoms with van der Waals surface area (Å²) in [6, 6.07) is 0.495. The average Bonchev–Trinajstić information content (AvgIpc) is 2.49. The van der Waals surface area contributed by atoms with Gasteiger partial charge in [0.15, 0.2) is 0 Å². The maximum atomic E-state index is 5.97. The van der Waals surface area contributed by atoms with Gasteiger partial charge in [0, 0.05) is 6.04 Å². The van der Waals surface area contributed by atoms with Gasteiger partial charge in [-0.25, -0.2) is 0 Å². The minimum absolute atomic E-state index is 0.265. The van der Waals surface area contributed by atoms with Crippen LogP contribution in [-0.4, -0.2) is 38.5 Å². The lowest BCUT2D eigenvalue weighted by Gasteiger charge is -2.40. The Labute approximate surface area is 118 Å². The first-order valence-electron chi connectivity index (χ1n) is 8.27. The van der Waals surface area contributed by atoms with E-state index in [0.717, 1.165) is 38.2 Å². The maximum Gasteiger partial charge on any atom is 0.0964 e. The van der Waals surface area contributed by atoms with Crippen LogP contribution in [0, 0.1) is 11.8 Å². The van der Waals surface area contributed by atoms with Crippen LogP contribution < -0.4 is 5.32 Å². The molecule has 0 aromatic carbocycles. The van der Waals surface area contributed by atoms with E-state index in [2.05, 4.69) is 19.2 Å². The van der Waals surface area contributed by atoms with E-state index in [1.54, 1.807) is 0 Å². The first-order chi connectivity index (χ1) is 9.35. The van der Waals surface area contributed by atoms with Crippen LogP contribution >= 0.6 is 0 Å². The third-order valence-electron chi connectivity index (χ3n) is 4.78. The van der Waals surface area contributed by atoms with E-state index in [0.29, 0.717) is 6.04 Å². The molecule has 1 N–H and O–H groups in total. The topological polar surface area (TPSA) is 30.5 Å². The zero-order chi connectivity index (χ0) is 13.5. The number of ether oxygens (including phenoxy) is 2. The molecular formula is C16H31NO2. The number of hydrogen-bond donors (Lipinski definition) is 1. The van der Waals surface area contributed by atoms with E-state index in [4.69, 9.17) is 9.47 Å². The first-order valence-corrected chi connectivity index (χ1v) is 8.27. The molecule has 4 unspecified atom stereocenters. The van der Waals surface area contributed by atoms with Gasteiger partial charge in [0.1, 0.15) is 0 Å². The molecule has 0 radical (unpaired) electrons. The minimum atomic E-state index is 0.265. The quantitative estimate of drug-likeness (QED) is 0.804. The molecule has 1 saturated carbocycles. The molecule has 0 spiro atoms. The zero-order valence-corrected chi connectivity index (χ0v) is 12.7. The summed E-state index contributed by atoms with van der Waals surface area (Å²) in [6.45, 7) is 7.96. The van der Waals surface area contributed by atoms with Crippen LogP contribution in [0.2, 0.25) is 0 Å². The molecule has 4 atom stereocenters. The Kier molecular flexibility index (Phi) is 6.62. The van der Waals surface area contributed by atoms with Gasteiger partial charge in [-0.3, -0.25) is 0 Å². The van der Waals surface area contributed by atoms with Crippen molar-refractivity contribution in [2.24, 2.45) is 11.8 Å². The molecule has 112 valence electrons.